The predicted molar refractivity (Wildman–Crippen MR) is 143 cm³/mol. The molecule has 1 aromatic rings. The largest absolute Gasteiger partial charge is 0.509 e. The molecule has 1 aromatic carbocycles. The van der Waals surface area contributed by atoms with E-state index in [1.54, 1.807) is 9.80 Å². The molecule has 14 heteroatoms. The topological polar surface area (TPSA) is 143 Å². The highest BCUT2D eigenvalue weighted by Crippen LogP contribution is 2.42. The Morgan fingerprint density at radius 1 is 1.18 bits per heavy atom. The van der Waals surface area contributed by atoms with Crippen molar-refractivity contribution in [2.24, 2.45) is 11.0 Å². The molecule has 1 saturated heterocycles. The number of rotatable bonds is 1. The monoisotopic (exact) mass is 576 g/mol. The fourth-order valence-electron chi connectivity index (χ4n) is 5.86. The quantitative estimate of drug-likeness (QED) is 0.507. The van der Waals surface area contributed by atoms with Gasteiger partial charge < -0.3 is 20.2 Å². The van der Waals surface area contributed by atoms with Gasteiger partial charge in [0.2, 0.25) is 10.0 Å². The molecular weight excluding hydrogens is 543 g/mol. The van der Waals surface area contributed by atoms with Gasteiger partial charge in [-0.2, -0.15) is 5.10 Å². The lowest BCUT2D eigenvalue weighted by atomic mass is 9.95. The van der Waals surface area contributed by atoms with E-state index in [1.807, 2.05) is 13.8 Å². The van der Waals surface area contributed by atoms with E-state index >= 15 is 0 Å². The number of benzene rings is 1. The maximum atomic E-state index is 14.2. The number of hydrogen-bond acceptors (Lipinski definition) is 8. The molecule has 0 spiro atoms. The van der Waals surface area contributed by atoms with Gasteiger partial charge in [-0.3, -0.25) is 18.7 Å². The highest BCUT2D eigenvalue weighted by Gasteiger charge is 2.58. The molecule has 1 fully saturated rings. The maximum Gasteiger partial charge on any atom is 0.273 e. The molecule has 2 unspecified atom stereocenters. The van der Waals surface area contributed by atoms with E-state index in [0.717, 1.165) is 21.4 Å². The van der Waals surface area contributed by atoms with Crippen molar-refractivity contribution in [1.82, 2.24) is 24.4 Å². The number of carbonyl (C=O) groups excluding carboxylic acids is 3. The number of amides is 3. The van der Waals surface area contributed by atoms with Crippen molar-refractivity contribution in [3.8, 4) is 0 Å². The standard InChI is InChI=1S/C26H33FN6O6S/c1-4-31-13-15(2)33-20-19(22(34)21(33)26(31)37)25(36)32-14-16-8-9-17(27)12-18(16)24(35)28-10-6-5-7-11-40(38,39)30(3)23(20)29-32/h8-9,12,15,19-20,34H,4-7,10-11,13-14H2,1-3H3,(H,28,35)/t15-,19?,20?/m0/s1. The Bertz CT molecular complexity index is 1430. The normalized spacial score (nSPS) is 27.4. The van der Waals surface area contributed by atoms with Crippen LogP contribution in [0.3, 0.4) is 0 Å². The zero-order valence-corrected chi connectivity index (χ0v) is 23.4. The zero-order valence-electron chi connectivity index (χ0n) is 22.6. The van der Waals surface area contributed by atoms with Crippen LogP contribution in [0.1, 0.15) is 49.0 Å². The average molecular weight is 577 g/mol. The Morgan fingerprint density at radius 2 is 1.93 bits per heavy atom. The third-order valence-electron chi connectivity index (χ3n) is 7.99. The van der Waals surface area contributed by atoms with Crippen LogP contribution < -0.4 is 5.32 Å². The summed E-state index contributed by atoms with van der Waals surface area (Å²) >= 11 is 0. The number of aliphatic hydroxyl groups is 1. The summed E-state index contributed by atoms with van der Waals surface area (Å²) in [5.74, 6) is -4.22. The number of halogens is 1. The summed E-state index contributed by atoms with van der Waals surface area (Å²) in [6, 6.07) is 2.25. The Labute approximate surface area is 232 Å². The summed E-state index contributed by atoms with van der Waals surface area (Å²) in [7, 11) is -2.54. The second-order valence-corrected chi connectivity index (χ2v) is 12.6. The molecule has 0 aromatic heterocycles. The van der Waals surface area contributed by atoms with Gasteiger partial charge in [0.05, 0.1) is 12.3 Å². The molecule has 0 radical (unpaired) electrons. The lowest BCUT2D eigenvalue weighted by molar-refractivity contribution is -0.139. The fraction of sp³-hybridized carbons (Fsp3) is 0.538. The molecule has 3 amide bonds. The number of amidine groups is 1. The van der Waals surface area contributed by atoms with Gasteiger partial charge in [0.25, 0.3) is 17.7 Å². The van der Waals surface area contributed by atoms with Crippen LogP contribution in [0.5, 0.6) is 0 Å². The van der Waals surface area contributed by atoms with E-state index in [0.29, 0.717) is 37.9 Å². The summed E-state index contributed by atoms with van der Waals surface area (Å²) in [6.45, 7) is 4.36. The van der Waals surface area contributed by atoms with Crippen molar-refractivity contribution in [1.29, 1.82) is 0 Å². The Kier molecular flexibility index (Phi) is 7.23. The number of carbonyl (C=O) groups is 3. The van der Waals surface area contributed by atoms with Crippen molar-refractivity contribution in [3.63, 3.8) is 0 Å². The third-order valence-corrected chi connectivity index (χ3v) is 9.82. The van der Waals surface area contributed by atoms with Gasteiger partial charge >= 0.3 is 0 Å². The SMILES string of the molecule is CCN1C[C@H](C)N2C(=C(O)C3C(=O)N4Cc5ccc(F)cc5C(=O)NCCCCCS(=O)(=O)N(C)C(=N4)C32)C1=O. The average Bonchev–Trinajstić information content (AvgIpc) is 3.23. The summed E-state index contributed by atoms with van der Waals surface area (Å²) in [4.78, 5) is 43.3. The van der Waals surface area contributed by atoms with Crippen LogP contribution in [-0.4, -0.2) is 101 Å². The number of nitrogens with one attached hydrogen (secondary N) is 1. The Morgan fingerprint density at radius 3 is 2.65 bits per heavy atom. The van der Waals surface area contributed by atoms with Crippen LogP contribution in [0.25, 0.3) is 0 Å². The van der Waals surface area contributed by atoms with Gasteiger partial charge in [-0.05, 0) is 44.4 Å². The van der Waals surface area contributed by atoms with Crippen LogP contribution in [-0.2, 0) is 26.2 Å². The van der Waals surface area contributed by atoms with Crippen molar-refractivity contribution in [3.05, 3.63) is 46.6 Å². The lowest BCUT2D eigenvalue weighted by Crippen LogP contribution is -2.62. The molecule has 3 atom stereocenters. The van der Waals surface area contributed by atoms with Crippen molar-refractivity contribution in [2.75, 3.05) is 32.4 Å². The lowest BCUT2D eigenvalue weighted by Gasteiger charge is -2.45. The smallest absolute Gasteiger partial charge is 0.273 e. The number of sulfonamides is 1. The first-order valence-electron chi connectivity index (χ1n) is 13.4. The molecule has 5 rings (SSSR count). The maximum absolute atomic E-state index is 14.2. The zero-order chi connectivity index (χ0) is 28.9. The number of hydrazone groups is 1. The number of fused-ring (bicyclic) bond motifs is 6. The second-order valence-electron chi connectivity index (χ2n) is 10.5. The van der Waals surface area contributed by atoms with Crippen LogP contribution in [0, 0.1) is 11.7 Å². The predicted octanol–water partition coefficient (Wildman–Crippen LogP) is 0.977. The summed E-state index contributed by atoms with van der Waals surface area (Å²) in [5, 5.41) is 19.6. The first-order chi connectivity index (χ1) is 19.0. The third kappa shape index (κ3) is 4.57. The number of piperazine rings is 1. The first-order valence-corrected chi connectivity index (χ1v) is 15.0. The van der Waals surface area contributed by atoms with E-state index in [4.69, 9.17) is 0 Å². The van der Waals surface area contributed by atoms with Gasteiger partial charge in [0, 0.05) is 38.3 Å². The molecule has 216 valence electrons. The van der Waals surface area contributed by atoms with Crippen molar-refractivity contribution < 1.29 is 32.3 Å². The van der Waals surface area contributed by atoms with E-state index in [-0.39, 0.29) is 42.0 Å². The minimum absolute atomic E-state index is 0.0151. The molecule has 40 heavy (non-hydrogen) atoms. The van der Waals surface area contributed by atoms with Crippen molar-refractivity contribution >= 4 is 33.6 Å². The molecule has 0 aliphatic carbocycles. The minimum atomic E-state index is -3.90. The van der Waals surface area contributed by atoms with E-state index < -0.39 is 51.3 Å². The summed E-state index contributed by atoms with van der Waals surface area (Å²) in [5.41, 5.74) is 0.274. The van der Waals surface area contributed by atoms with E-state index in [2.05, 4.69) is 10.4 Å². The minimum Gasteiger partial charge on any atom is -0.509 e. The van der Waals surface area contributed by atoms with Gasteiger partial charge in [-0.15, -0.1) is 0 Å². The Balaban J connectivity index is 1.66. The highest BCUT2D eigenvalue weighted by molar-refractivity contribution is 7.89. The van der Waals surface area contributed by atoms with Gasteiger partial charge in [-0.25, -0.2) is 17.8 Å². The van der Waals surface area contributed by atoms with Gasteiger partial charge in [0.15, 0.2) is 5.84 Å². The molecule has 4 heterocycles. The second kappa shape index (κ2) is 10.4. The number of nitrogens with zero attached hydrogens (tertiary/aromatic N) is 5. The highest BCUT2D eigenvalue weighted by atomic mass is 32.2. The molecule has 0 saturated carbocycles. The number of aliphatic hydroxyl groups excluding tert-OH is 1. The number of likely N-dealkylation sites (N-methyl/N-ethyl adjacent to an activating group) is 2. The van der Waals surface area contributed by atoms with E-state index in [9.17, 15) is 32.3 Å². The number of hydrogen-bond donors (Lipinski definition) is 2. The van der Waals surface area contributed by atoms with E-state index in [1.165, 1.54) is 13.1 Å². The van der Waals surface area contributed by atoms with Crippen LogP contribution >= 0.6 is 0 Å². The molecule has 4 aliphatic heterocycles. The Hall–Kier alpha value is -3.68. The van der Waals surface area contributed by atoms with Crippen LogP contribution in [0.15, 0.2) is 34.8 Å². The van der Waals surface area contributed by atoms with Crippen molar-refractivity contribution in [2.45, 2.75) is 51.7 Å². The van der Waals surface area contributed by atoms with Crippen LogP contribution in [0.2, 0.25) is 0 Å². The molecule has 12 nitrogen and oxygen atoms in total. The molecular formula is C26H33FN6O6S. The van der Waals surface area contributed by atoms with Gasteiger partial charge in [0.1, 0.15) is 29.2 Å². The molecule has 4 aliphatic rings. The van der Waals surface area contributed by atoms with Crippen LogP contribution in [0.4, 0.5) is 4.39 Å². The summed E-state index contributed by atoms with van der Waals surface area (Å²) in [6.07, 6.45) is 1.36. The summed E-state index contributed by atoms with van der Waals surface area (Å²) < 4.78 is 42.1. The fourth-order valence-corrected chi connectivity index (χ4v) is 7.13. The molecule has 2 bridgehead atoms. The van der Waals surface area contributed by atoms with Gasteiger partial charge in [-0.1, -0.05) is 12.5 Å². The molecule has 2 N–H and O–H groups in total. The first kappa shape index (κ1) is 27.9.